The van der Waals surface area contributed by atoms with Crippen LogP contribution in [0.25, 0.3) is 0 Å². The summed E-state index contributed by atoms with van der Waals surface area (Å²) in [4.78, 5) is 0. The molecule has 3 fully saturated rings. The van der Waals surface area contributed by atoms with Gasteiger partial charge in [-0.15, -0.1) is 0 Å². The van der Waals surface area contributed by atoms with Crippen LogP contribution in [0.2, 0.25) is 0 Å². The monoisotopic (exact) mass is 456 g/mol. The van der Waals surface area contributed by atoms with E-state index in [1.165, 1.54) is 64.2 Å². The van der Waals surface area contributed by atoms with E-state index in [1.807, 2.05) is 0 Å². The summed E-state index contributed by atoms with van der Waals surface area (Å²) in [5.74, 6) is 1.08. The van der Waals surface area contributed by atoms with Crippen LogP contribution in [0.5, 0.6) is 0 Å². The molecule has 0 aromatic heterocycles. The molecule has 0 atom stereocenters. The maximum atomic E-state index is 7.02. The maximum Gasteiger partial charge on any atom is 0.102 e. The minimum atomic E-state index is -0.384. The highest BCUT2D eigenvalue weighted by molar-refractivity contribution is 5.07. The van der Waals surface area contributed by atoms with Crippen molar-refractivity contribution in [1.82, 2.24) is 0 Å². The lowest BCUT2D eigenvalue weighted by atomic mass is 9.60. The highest BCUT2D eigenvalue weighted by Crippen LogP contribution is 2.51. The van der Waals surface area contributed by atoms with Gasteiger partial charge in [0.15, 0.2) is 0 Å². The molecule has 0 aromatic carbocycles. The zero-order valence-electron chi connectivity index (χ0n) is 20.7. The lowest BCUT2D eigenvalue weighted by Gasteiger charge is -2.56. The van der Waals surface area contributed by atoms with Gasteiger partial charge in [0.25, 0.3) is 0 Å². The Morgan fingerprint density at radius 2 is 0.781 bits per heavy atom. The molecule has 0 aromatic rings. The predicted molar refractivity (Wildman–Crippen MR) is 125 cm³/mol. The zero-order valence-corrected chi connectivity index (χ0v) is 20.7. The van der Waals surface area contributed by atoms with Gasteiger partial charge >= 0.3 is 0 Å². The second-order valence-electron chi connectivity index (χ2n) is 10.1. The molecule has 1 saturated heterocycles. The van der Waals surface area contributed by atoms with Crippen LogP contribution in [-0.2, 0) is 28.4 Å². The summed E-state index contributed by atoms with van der Waals surface area (Å²) in [6.45, 7) is 10.4. The van der Waals surface area contributed by atoms with Crippen molar-refractivity contribution in [2.45, 2.75) is 89.3 Å². The molecular weight excluding hydrogens is 408 g/mol. The van der Waals surface area contributed by atoms with Gasteiger partial charge in [0.1, 0.15) is 5.60 Å². The van der Waals surface area contributed by atoms with Crippen molar-refractivity contribution >= 4 is 0 Å². The van der Waals surface area contributed by atoms with Gasteiger partial charge in [0, 0.05) is 0 Å². The van der Waals surface area contributed by atoms with Gasteiger partial charge in [-0.1, -0.05) is 38.5 Å². The first kappa shape index (κ1) is 26.4. The fraction of sp³-hybridized carbons (Fsp3) is 1.00. The Morgan fingerprint density at radius 3 is 1.19 bits per heavy atom. The van der Waals surface area contributed by atoms with Crippen LogP contribution in [0.1, 0.15) is 78.1 Å². The summed E-state index contributed by atoms with van der Waals surface area (Å²) in [7, 11) is 0. The van der Waals surface area contributed by atoms with Gasteiger partial charge in [-0.3, -0.25) is 0 Å². The first-order valence-corrected chi connectivity index (χ1v) is 13.3. The molecule has 3 aliphatic rings. The van der Waals surface area contributed by atoms with Crippen LogP contribution in [0.4, 0.5) is 0 Å². The Morgan fingerprint density at radius 1 is 0.438 bits per heavy atom. The quantitative estimate of drug-likeness (QED) is 0.596. The predicted octanol–water partition coefficient (Wildman–Crippen LogP) is 4.78. The molecule has 2 saturated carbocycles. The molecule has 6 nitrogen and oxygen atoms in total. The molecular formula is C26H48O6. The van der Waals surface area contributed by atoms with Crippen molar-refractivity contribution < 1.29 is 28.4 Å². The standard InChI is InChI=1S/C26H48O6/c1-25(2)26(23-9-5-3-6-10-23,24-11-7-4-8-12-24)32-22-20-30-18-16-28-14-13-27-15-17-29-19-21-31-25/h23-24H,3-22H2,1-2H3. The summed E-state index contributed by atoms with van der Waals surface area (Å²) in [6.07, 6.45) is 12.9. The fourth-order valence-electron chi connectivity index (χ4n) is 6.29. The Labute approximate surface area is 196 Å². The Bertz CT molecular complexity index is 467. The lowest BCUT2D eigenvalue weighted by molar-refractivity contribution is -0.258. The van der Waals surface area contributed by atoms with Gasteiger partial charge in [-0.25, -0.2) is 0 Å². The van der Waals surface area contributed by atoms with E-state index in [2.05, 4.69) is 13.8 Å². The van der Waals surface area contributed by atoms with E-state index >= 15 is 0 Å². The van der Waals surface area contributed by atoms with Crippen molar-refractivity contribution in [2.75, 3.05) is 66.1 Å². The molecule has 0 amide bonds. The zero-order chi connectivity index (χ0) is 22.5. The molecule has 0 bridgehead atoms. The average molecular weight is 457 g/mol. The molecule has 188 valence electrons. The third kappa shape index (κ3) is 7.38. The van der Waals surface area contributed by atoms with E-state index in [1.54, 1.807) is 0 Å². The van der Waals surface area contributed by atoms with Gasteiger partial charge in [-0.2, -0.15) is 0 Å². The maximum absolute atomic E-state index is 7.02. The molecule has 0 N–H and O–H groups in total. The average Bonchev–Trinajstić information content (AvgIpc) is 2.82. The van der Waals surface area contributed by atoms with Crippen molar-refractivity contribution in [1.29, 1.82) is 0 Å². The van der Waals surface area contributed by atoms with E-state index in [4.69, 9.17) is 28.4 Å². The van der Waals surface area contributed by atoms with E-state index in [0.717, 1.165) is 0 Å². The van der Waals surface area contributed by atoms with Gasteiger partial charge in [0.05, 0.1) is 71.7 Å². The number of ether oxygens (including phenoxy) is 6. The SMILES string of the molecule is CC1(C)OCCOCCOCCOCCOCCOC1(C1CCCCC1)C1CCCCC1. The van der Waals surface area contributed by atoms with E-state index < -0.39 is 0 Å². The van der Waals surface area contributed by atoms with Crippen molar-refractivity contribution in [3.8, 4) is 0 Å². The molecule has 1 aliphatic heterocycles. The van der Waals surface area contributed by atoms with Gasteiger partial charge in [-0.05, 0) is 51.4 Å². The highest BCUT2D eigenvalue weighted by atomic mass is 16.6. The lowest BCUT2D eigenvalue weighted by Crippen LogP contribution is -2.64. The fourth-order valence-corrected chi connectivity index (χ4v) is 6.29. The van der Waals surface area contributed by atoms with Crippen LogP contribution in [0.3, 0.4) is 0 Å². The summed E-state index contributed by atoms with van der Waals surface area (Å²) < 4.78 is 36.5. The molecule has 0 spiro atoms. The first-order valence-electron chi connectivity index (χ1n) is 13.3. The van der Waals surface area contributed by atoms with Crippen molar-refractivity contribution in [3.05, 3.63) is 0 Å². The molecule has 1 heterocycles. The molecule has 6 heteroatoms. The minimum absolute atomic E-state index is 0.276. The van der Waals surface area contributed by atoms with Crippen molar-refractivity contribution in [3.63, 3.8) is 0 Å². The summed E-state index contributed by atoms with van der Waals surface area (Å²) in [5.41, 5.74) is -0.659. The van der Waals surface area contributed by atoms with Crippen LogP contribution < -0.4 is 0 Å². The molecule has 0 unspecified atom stereocenters. The Kier molecular flexibility index (Phi) is 11.7. The van der Waals surface area contributed by atoms with Crippen LogP contribution in [0.15, 0.2) is 0 Å². The Balaban J connectivity index is 1.76. The summed E-state index contributed by atoms with van der Waals surface area (Å²) in [5, 5.41) is 0. The van der Waals surface area contributed by atoms with E-state index in [0.29, 0.717) is 77.9 Å². The first-order chi connectivity index (χ1) is 15.7. The molecule has 2 aliphatic carbocycles. The third-order valence-corrected chi connectivity index (χ3v) is 7.74. The topological polar surface area (TPSA) is 55.4 Å². The third-order valence-electron chi connectivity index (χ3n) is 7.74. The van der Waals surface area contributed by atoms with Gasteiger partial charge < -0.3 is 28.4 Å². The number of hydrogen-bond acceptors (Lipinski definition) is 6. The van der Waals surface area contributed by atoms with Crippen LogP contribution >= 0.6 is 0 Å². The molecule has 0 radical (unpaired) electrons. The highest BCUT2D eigenvalue weighted by Gasteiger charge is 2.57. The minimum Gasteiger partial charge on any atom is -0.377 e. The normalized spacial score (nSPS) is 29.1. The summed E-state index contributed by atoms with van der Waals surface area (Å²) >= 11 is 0. The second kappa shape index (κ2) is 14.2. The van der Waals surface area contributed by atoms with Crippen molar-refractivity contribution in [2.24, 2.45) is 11.8 Å². The largest absolute Gasteiger partial charge is 0.377 e. The number of hydrogen-bond donors (Lipinski definition) is 0. The summed E-state index contributed by atoms with van der Waals surface area (Å²) in [6, 6.07) is 0. The van der Waals surface area contributed by atoms with E-state index in [9.17, 15) is 0 Å². The smallest absolute Gasteiger partial charge is 0.102 e. The molecule has 32 heavy (non-hydrogen) atoms. The number of rotatable bonds is 2. The molecule has 3 rings (SSSR count). The van der Waals surface area contributed by atoms with Gasteiger partial charge in [0.2, 0.25) is 0 Å². The van der Waals surface area contributed by atoms with E-state index in [-0.39, 0.29) is 11.2 Å². The Hall–Kier alpha value is -0.240. The van der Waals surface area contributed by atoms with Crippen LogP contribution in [0, 0.1) is 11.8 Å². The second-order valence-corrected chi connectivity index (χ2v) is 10.1. The van der Waals surface area contributed by atoms with Crippen LogP contribution in [-0.4, -0.2) is 77.3 Å².